The summed E-state index contributed by atoms with van der Waals surface area (Å²) in [6.45, 7) is 0. The number of anilines is 1. The Morgan fingerprint density at radius 1 is 1.36 bits per heavy atom. The Bertz CT molecular complexity index is 484. The number of primary sulfonamides is 1. The Morgan fingerprint density at radius 2 is 1.93 bits per heavy atom. The average molecular weight is 235 g/mol. The van der Waals surface area contributed by atoms with Crippen molar-refractivity contribution < 1.29 is 13.2 Å². The molecular weight excluding hydrogens is 228 g/mol. The Balaban J connectivity index is 3.29. The third kappa shape index (κ3) is 2.22. The second-order valence-electron chi connectivity index (χ2n) is 2.57. The summed E-state index contributed by atoms with van der Waals surface area (Å²) in [4.78, 5) is 11.2. The molecular formula is C7H7ClN2O3S. The maximum atomic E-state index is 11.2. The summed E-state index contributed by atoms with van der Waals surface area (Å²) in [6, 6.07) is 3.86. The van der Waals surface area contributed by atoms with Gasteiger partial charge < -0.3 is 5.73 Å². The fourth-order valence-corrected chi connectivity index (χ4v) is 1.67. The lowest BCUT2D eigenvalue weighted by molar-refractivity contribution is 0.107. The Morgan fingerprint density at radius 3 is 2.36 bits per heavy atom. The van der Waals surface area contributed by atoms with Gasteiger partial charge in [-0.25, -0.2) is 13.6 Å². The molecule has 1 rings (SSSR count). The lowest BCUT2D eigenvalue weighted by atomic mass is 10.2. The number of nitrogen functional groups attached to an aromatic ring is 1. The largest absolute Gasteiger partial charge is 0.399 e. The predicted molar refractivity (Wildman–Crippen MR) is 53.3 cm³/mol. The van der Waals surface area contributed by atoms with E-state index in [-0.39, 0.29) is 10.6 Å². The quantitative estimate of drug-likeness (QED) is 0.685. The molecule has 0 fully saturated rings. The molecule has 1 aromatic carbocycles. The predicted octanol–water partition coefficient (Wildman–Crippen LogP) is 0.351. The maximum Gasteiger partial charge on any atom is 0.292 e. The Hall–Kier alpha value is -1.11. The van der Waals surface area contributed by atoms with Gasteiger partial charge in [0, 0.05) is 5.69 Å². The number of carbonyl (C=O) groups excluding carboxylic acids is 1. The van der Waals surface area contributed by atoms with E-state index in [9.17, 15) is 13.2 Å². The highest BCUT2D eigenvalue weighted by Gasteiger charge is 2.21. The zero-order valence-corrected chi connectivity index (χ0v) is 8.47. The van der Waals surface area contributed by atoms with Crippen molar-refractivity contribution in [1.29, 1.82) is 0 Å². The van der Waals surface area contributed by atoms with E-state index >= 15 is 0 Å². The summed E-state index contributed by atoms with van der Waals surface area (Å²) in [5.74, 6) is 0. The van der Waals surface area contributed by atoms with Crippen molar-refractivity contribution in [3.63, 3.8) is 0 Å². The normalized spacial score (nSPS) is 11.3. The van der Waals surface area contributed by atoms with Gasteiger partial charge in [-0.15, -0.1) is 0 Å². The molecule has 0 radical (unpaired) electrons. The van der Waals surface area contributed by atoms with E-state index in [0.717, 1.165) is 0 Å². The van der Waals surface area contributed by atoms with Crippen molar-refractivity contribution in [1.82, 2.24) is 0 Å². The molecule has 0 unspecified atom stereocenters. The molecule has 0 saturated carbocycles. The van der Waals surface area contributed by atoms with Crippen LogP contribution in [-0.2, 0) is 10.0 Å². The summed E-state index contributed by atoms with van der Waals surface area (Å²) in [5, 5.41) is 3.39. The molecule has 1 aromatic rings. The van der Waals surface area contributed by atoms with Gasteiger partial charge in [0.25, 0.3) is 15.1 Å². The van der Waals surface area contributed by atoms with Crippen LogP contribution in [0.25, 0.3) is 0 Å². The summed E-state index contributed by atoms with van der Waals surface area (Å²) < 4.78 is 21.4. The van der Waals surface area contributed by atoms with Gasteiger partial charge in [0.15, 0.2) is 0 Å². The number of hydrogen-bond acceptors (Lipinski definition) is 4. The fraction of sp³-hybridized carbons (Fsp3) is 0. The Labute approximate surface area is 85.7 Å². The summed E-state index contributed by atoms with van der Waals surface area (Å²) in [5.41, 5.74) is 5.52. The van der Waals surface area contributed by atoms with Crippen molar-refractivity contribution in [2.45, 2.75) is 0 Å². The van der Waals surface area contributed by atoms with Crippen LogP contribution in [-0.4, -0.2) is 13.5 Å². The molecule has 0 aliphatic rings. The minimum Gasteiger partial charge on any atom is -0.399 e. The zero-order valence-electron chi connectivity index (χ0n) is 6.90. The molecule has 0 spiro atoms. The molecule has 0 aliphatic carbocycles. The van der Waals surface area contributed by atoms with Crippen LogP contribution in [0, 0.1) is 0 Å². The number of benzene rings is 1. The van der Waals surface area contributed by atoms with Gasteiger partial charge >= 0.3 is 0 Å². The number of sulfonamides is 1. The monoisotopic (exact) mass is 234 g/mol. The lowest BCUT2D eigenvalue weighted by Crippen LogP contribution is -2.23. The highest BCUT2D eigenvalue weighted by atomic mass is 35.5. The Kier molecular flexibility index (Phi) is 2.79. The van der Waals surface area contributed by atoms with Crippen LogP contribution < -0.4 is 10.9 Å². The lowest BCUT2D eigenvalue weighted by Gasteiger charge is -2.01. The summed E-state index contributed by atoms with van der Waals surface area (Å²) >= 11 is 5.61. The van der Waals surface area contributed by atoms with E-state index in [2.05, 4.69) is 5.14 Å². The van der Waals surface area contributed by atoms with Gasteiger partial charge in [-0.1, -0.05) is 11.6 Å². The SMILES string of the molecule is Nc1ccc(C(=O)S(N)(=O)=O)c(Cl)c1. The maximum absolute atomic E-state index is 11.2. The average Bonchev–Trinajstić information content (AvgIpc) is 2.01. The molecule has 0 aromatic heterocycles. The van der Waals surface area contributed by atoms with Crippen LogP contribution in [0.4, 0.5) is 5.69 Å². The standard InChI is InChI=1S/C7H7ClN2O3S/c8-6-3-4(9)1-2-5(6)7(11)14(10,12)13/h1-3H,9H2,(H2,10,12,13). The highest BCUT2D eigenvalue weighted by molar-refractivity contribution is 8.04. The molecule has 14 heavy (non-hydrogen) atoms. The number of halogens is 1. The van der Waals surface area contributed by atoms with Gasteiger partial charge in [-0.3, -0.25) is 4.79 Å². The van der Waals surface area contributed by atoms with E-state index in [1.165, 1.54) is 18.2 Å². The van der Waals surface area contributed by atoms with Crippen LogP contribution in [0.15, 0.2) is 18.2 Å². The zero-order chi connectivity index (χ0) is 10.9. The first-order valence-electron chi connectivity index (χ1n) is 3.44. The van der Waals surface area contributed by atoms with Crippen LogP contribution in [0.5, 0.6) is 0 Å². The second kappa shape index (κ2) is 3.56. The molecule has 5 nitrogen and oxygen atoms in total. The van der Waals surface area contributed by atoms with Gasteiger partial charge in [0.1, 0.15) is 0 Å². The molecule has 0 atom stereocenters. The topological polar surface area (TPSA) is 103 Å². The number of nitrogens with two attached hydrogens (primary N) is 2. The molecule has 0 bridgehead atoms. The van der Waals surface area contributed by atoms with Gasteiger partial charge in [0.05, 0.1) is 10.6 Å². The first-order chi connectivity index (χ1) is 6.32. The van der Waals surface area contributed by atoms with E-state index in [4.69, 9.17) is 17.3 Å². The second-order valence-corrected chi connectivity index (χ2v) is 4.44. The number of rotatable bonds is 1. The highest BCUT2D eigenvalue weighted by Crippen LogP contribution is 2.20. The van der Waals surface area contributed by atoms with Crippen molar-refractivity contribution in [2.24, 2.45) is 5.14 Å². The van der Waals surface area contributed by atoms with Crippen molar-refractivity contribution in [3.05, 3.63) is 28.8 Å². The van der Waals surface area contributed by atoms with E-state index in [1.54, 1.807) is 0 Å². The summed E-state index contributed by atoms with van der Waals surface area (Å²) in [6.07, 6.45) is 0. The van der Waals surface area contributed by atoms with Crippen LogP contribution in [0.2, 0.25) is 5.02 Å². The van der Waals surface area contributed by atoms with Crippen LogP contribution >= 0.6 is 11.6 Å². The third-order valence-corrected chi connectivity index (χ3v) is 2.52. The molecule has 7 heteroatoms. The molecule has 0 saturated heterocycles. The van der Waals surface area contributed by atoms with Gasteiger partial charge in [0.2, 0.25) is 0 Å². The summed E-state index contributed by atoms with van der Waals surface area (Å²) in [7, 11) is -4.26. The smallest absolute Gasteiger partial charge is 0.292 e. The van der Waals surface area contributed by atoms with Crippen molar-refractivity contribution in [2.75, 3.05) is 5.73 Å². The minimum atomic E-state index is -4.26. The molecule has 76 valence electrons. The van der Waals surface area contributed by atoms with E-state index in [1.807, 2.05) is 0 Å². The molecule has 0 amide bonds. The third-order valence-electron chi connectivity index (χ3n) is 1.47. The van der Waals surface area contributed by atoms with Gasteiger partial charge in [-0.05, 0) is 18.2 Å². The minimum absolute atomic E-state index is 0.0379. The molecule has 4 N–H and O–H groups in total. The van der Waals surface area contributed by atoms with Crippen LogP contribution in [0.1, 0.15) is 10.4 Å². The molecule has 0 heterocycles. The first kappa shape index (κ1) is 11.0. The number of hydrogen-bond donors (Lipinski definition) is 2. The van der Waals surface area contributed by atoms with Crippen LogP contribution in [0.3, 0.4) is 0 Å². The first-order valence-corrected chi connectivity index (χ1v) is 5.37. The van der Waals surface area contributed by atoms with E-state index < -0.39 is 15.1 Å². The van der Waals surface area contributed by atoms with E-state index in [0.29, 0.717) is 5.69 Å². The van der Waals surface area contributed by atoms with Crippen molar-refractivity contribution >= 4 is 32.4 Å². The van der Waals surface area contributed by atoms with Crippen molar-refractivity contribution in [3.8, 4) is 0 Å². The fourth-order valence-electron chi connectivity index (χ4n) is 0.850. The molecule has 0 aliphatic heterocycles. The number of carbonyl (C=O) groups is 1. The van der Waals surface area contributed by atoms with Gasteiger partial charge in [-0.2, -0.15) is 0 Å².